The van der Waals surface area contributed by atoms with Crippen molar-refractivity contribution in [2.75, 3.05) is 7.11 Å². The Hall–Kier alpha value is -1.73. The van der Waals surface area contributed by atoms with Crippen LogP contribution in [0.25, 0.3) is 0 Å². The molecule has 1 fully saturated rings. The molecular formula is C10H12N2O5. The van der Waals surface area contributed by atoms with Crippen molar-refractivity contribution < 1.29 is 19.5 Å². The van der Waals surface area contributed by atoms with Crippen molar-refractivity contribution in [2.24, 2.45) is 0 Å². The summed E-state index contributed by atoms with van der Waals surface area (Å²) in [5.41, 5.74) is 0. The first-order valence-electron chi connectivity index (χ1n) is 5.10. The molecule has 7 nitrogen and oxygen atoms in total. The molecular weight excluding hydrogens is 228 g/mol. The van der Waals surface area contributed by atoms with Crippen LogP contribution in [-0.4, -0.2) is 40.4 Å². The van der Waals surface area contributed by atoms with Crippen molar-refractivity contribution in [1.29, 1.82) is 0 Å². The number of aromatic nitrogens is 1. The Labute approximate surface area is 97.1 Å². The predicted octanol–water partition coefficient (Wildman–Crippen LogP) is 0.517. The molecule has 0 amide bonds. The molecule has 17 heavy (non-hydrogen) atoms. The summed E-state index contributed by atoms with van der Waals surface area (Å²) >= 11 is 0. The van der Waals surface area contributed by atoms with Gasteiger partial charge in [0.05, 0.1) is 6.10 Å². The van der Waals surface area contributed by atoms with E-state index in [4.69, 9.17) is 9.47 Å². The first-order valence-corrected chi connectivity index (χ1v) is 5.10. The number of aliphatic hydroxyl groups is 1. The van der Waals surface area contributed by atoms with E-state index in [1.807, 2.05) is 0 Å². The zero-order valence-corrected chi connectivity index (χ0v) is 9.15. The summed E-state index contributed by atoms with van der Waals surface area (Å²) in [6.07, 6.45) is 0.312. The van der Waals surface area contributed by atoms with Crippen LogP contribution in [0.5, 0.6) is 5.75 Å². The zero-order chi connectivity index (χ0) is 12.4. The Morgan fingerprint density at radius 1 is 1.65 bits per heavy atom. The van der Waals surface area contributed by atoms with Crippen molar-refractivity contribution in [1.82, 2.24) is 4.98 Å². The van der Waals surface area contributed by atoms with Crippen molar-refractivity contribution in [3.8, 4) is 5.75 Å². The fourth-order valence-corrected chi connectivity index (χ4v) is 1.76. The highest BCUT2D eigenvalue weighted by Crippen LogP contribution is 2.32. The van der Waals surface area contributed by atoms with Gasteiger partial charge in [-0.05, 0) is 22.0 Å². The van der Waals surface area contributed by atoms with Gasteiger partial charge in [0.25, 0.3) is 0 Å². The van der Waals surface area contributed by atoms with Crippen LogP contribution in [-0.2, 0) is 4.74 Å². The monoisotopic (exact) mass is 240 g/mol. The number of aliphatic hydroxyl groups excluding tert-OH is 1. The maximum absolute atomic E-state index is 10.7. The van der Waals surface area contributed by atoms with Crippen LogP contribution < -0.4 is 4.74 Å². The van der Waals surface area contributed by atoms with Crippen LogP contribution in [0.3, 0.4) is 0 Å². The van der Waals surface area contributed by atoms with Crippen LogP contribution in [0, 0.1) is 10.1 Å². The van der Waals surface area contributed by atoms with Gasteiger partial charge in [0, 0.05) is 13.5 Å². The summed E-state index contributed by atoms with van der Waals surface area (Å²) in [6.45, 7) is 0. The van der Waals surface area contributed by atoms with Gasteiger partial charge >= 0.3 is 5.82 Å². The second-order valence-corrected chi connectivity index (χ2v) is 3.74. The molecule has 0 radical (unpaired) electrons. The maximum Gasteiger partial charge on any atom is 0.406 e. The molecule has 1 heterocycles. The van der Waals surface area contributed by atoms with Gasteiger partial charge in [-0.2, -0.15) is 0 Å². The molecule has 1 aromatic heterocycles. The number of pyridine rings is 1. The summed E-state index contributed by atoms with van der Waals surface area (Å²) < 4.78 is 10.4. The topological polar surface area (TPSA) is 94.7 Å². The highest BCUT2D eigenvalue weighted by Gasteiger charge is 2.43. The number of nitrogens with zero attached hydrogens (tertiary/aromatic N) is 2. The van der Waals surface area contributed by atoms with Crippen LogP contribution >= 0.6 is 0 Å². The van der Waals surface area contributed by atoms with Crippen LogP contribution in [0.4, 0.5) is 5.82 Å². The number of nitro groups is 1. The van der Waals surface area contributed by atoms with Gasteiger partial charge in [-0.15, -0.1) is 0 Å². The molecule has 1 aliphatic rings. The molecule has 2 rings (SSSR count). The Kier molecular flexibility index (Phi) is 3.21. The van der Waals surface area contributed by atoms with Gasteiger partial charge in [-0.1, -0.05) is 0 Å². The summed E-state index contributed by atoms with van der Waals surface area (Å²) in [5, 5.41) is 20.1. The lowest BCUT2D eigenvalue weighted by Gasteiger charge is -2.39. The Bertz CT molecular complexity index is 425. The second kappa shape index (κ2) is 4.64. The zero-order valence-electron chi connectivity index (χ0n) is 9.15. The molecule has 7 heteroatoms. The molecule has 0 bridgehead atoms. The van der Waals surface area contributed by atoms with E-state index < -0.39 is 17.1 Å². The predicted molar refractivity (Wildman–Crippen MR) is 56.7 cm³/mol. The molecule has 1 saturated carbocycles. The van der Waals surface area contributed by atoms with E-state index in [9.17, 15) is 15.2 Å². The van der Waals surface area contributed by atoms with E-state index in [0.717, 1.165) is 0 Å². The average molecular weight is 240 g/mol. The molecule has 1 aliphatic carbocycles. The SMILES string of the molecule is COC1C(O)CC1Oc1cccnc1[N+](=O)[O-]. The molecule has 0 saturated heterocycles. The van der Waals surface area contributed by atoms with E-state index in [2.05, 4.69) is 4.98 Å². The maximum atomic E-state index is 10.7. The normalized spacial score (nSPS) is 27.3. The lowest BCUT2D eigenvalue weighted by atomic mass is 9.88. The van der Waals surface area contributed by atoms with Crippen LogP contribution in [0.15, 0.2) is 18.3 Å². The van der Waals surface area contributed by atoms with Crippen molar-refractivity contribution >= 4 is 5.82 Å². The number of methoxy groups -OCH3 is 1. The molecule has 0 aromatic carbocycles. The number of rotatable bonds is 4. The van der Waals surface area contributed by atoms with Crippen molar-refractivity contribution in [3.63, 3.8) is 0 Å². The Morgan fingerprint density at radius 2 is 2.41 bits per heavy atom. The van der Waals surface area contributed by atoms with Crippen molar-refractivity contribution in [3.05, 3.63) is 28.4 Å². The summed E-state index contributed by atoms with van der Waals surface area (Å²) in [4.78, 5) is 13.7. The molecule has 0 aliphatic heterocycles. The standard InChI is InChI=1S/C10H12N2O5/c1-16-9-6(13)5-8(9)17-7-3-2-4-11-10(7)12(14)15/h2-4,6,8-9,13H,5H2,1H3. The van der Waals surface area contributed by atoms with Gasteiger partial charge in [-0.25, -0.2) is 0 Å². The minimum Gasteiger partial charge on any atom is -0.479 e. The van der Waals surface area contributed by atoms with Gasteiger partial charge in [0.15, 0.2) is 0 Å². The lowest BCUT2D eigenvalue weighted by Crippen LogP contribution is -2.54. The van der Waals surface area contributed by atoms with Gasteiger partial charge in [-0.3, -0.25) is 0 Å². The fraction of sp³-hybridized carbons (Fsp3) is 0.500. The van der Waals surface area contributed by atoms with E-state index in [1.54, 1.807) is 6.07 Å². The van der Waals surface area contributed by atoms with Crippen molar-refractivity contribution in [2.45, 2.75) is 24.7 Å². The lowest BCUT2D eigenvalue weighted by molar-refractivity contribution is -0.391. The molecule has 3 unspecified atom stereocenters. The number of hydrogen-bond acceptors (Lipinski definition) is 6. The molecule has 3 atom stereocenters. The average Bonchev–Trinajstić information content (AvgIpc) is 2.29. The first kappa shape index (κ1) is 11.7. The van der Waals surface area contributed by atoms with Gasteiger partial charge in [0.2, 0.25) is 5.75 Å². The minimum atomic E-state index is -0.605. The minimum absolute atomic E-state index is 0.0939. The molecule has 0 spiro atoms. The Balaban J connectivity index is 2.12. The van der Waals surface area contributed by atoms with Crippen LogP contribution in [0.1, 0.15) is 6.42 Å². The first-order chi connectivity index (χ1) is 8.13. The number of hydrogen-bond donors (Lipinski definition) is 1. The van der Waals surface area contributed by atoms with E-state index >= 15 is 0 Å². The summed E-state index contributed by atoms with van der Waals surface area (Å²) in [7, 11) is 1.46. The van der Waals surface area contributed by atoms with Gasteiger partial charge < -0.3 is 24.7 Å². The summed E-state index contributed by atoms with van der Waals surface area (Å²) in [5.74, 6) is -0.236. The molecule has 92 valence electrons. The second-order valence-electron chi connectivity index (χ2n) is 3.74. The number of ether oxygens (including phenoxy) is 2. The Morgan fingerprint density at radius 3 is 3.00 bits per heavy atom. The van der Waals surface area contributed by atoms with E-state index in [1.165, 1.54) is 19.4 Å². The third-order valence-electron chi connectivity index (χ3n) is 2.69. The molecule has 1 aromatic rings. The third kappa shape index (κ3) is 2.20. The fourth-order valence-electron chi connectivity index (χ4n) is 1.76. The van der Waals surface area contributed by atoms with Crippen LogP contribution in [0.2, 0.25) is 0 Å². The third-order valence-corrected chi connectivity index (χ3v) is 2.69. The summed E-state index contributed by atoms with van der Waals surface area (Å²) in [6, 6.07) is 3.03. The quantitative estimate of drug-likeness (QED) is 0.608. The van der Waals surface area contributed by atoms with E-state index in [0.29, 0.717) is 6.42 Å². The highest BCUT2D eigenvalue weighted by atomic mass is 16.6. The molecule has 1 N–H and O–H groups in total. The highest BCUT2D eigenvalue weighted by molar-refractivity contribution is 5.38. The largest absolute Gasteiger partial charge is 0.479 e. The smallest absolute Gasteiger partial charge is 0.406 e. The van der Waals surface area contributed by atoms with E-state index in [-0.39, 0.29) is 17.7 Å². The van der Waals surface area contributed by atoms with Gasteiger partial charge in [0.1, 0.15) is 18.4 Å².